The van der Waals surface area contributed by atoms with Gasteiger partial charge in [-0.25, -0.2) is 0 Å². The minimum atomic E-state index is 0.112. The van der Waals surface area contributed by atoms with E-state index in [4.69, 9.17) is 5.73 Å². The molecule has 0 bridgehead atoms. The maximum atomic E-state index is 12.3. The largest absolute Gasteiger partial charge is 0.339 e. The molecule has 0 aromatic heterocycles. The molecule has 1 aromatic carbocycles. The van der Waals surface area contributed by atoms with Gasteiger partial charge in [-0.1, -0.05) is 44.2 Å². The van der Waals surface area contributed by atoms with Gasteiger partial charge in [0.05, 0.1) is 6.04 Å². The number of amides is 1. The van der Waals surface area contributed by atoms with E-state index in [1.165, 1.54) is 5.56 Å². The van der Waals surface area contributed by atoms with Crippen molar-refractivity contribution in [1.82, 2.24) is 4.90 Å². The second kappa shape index (κ2) is 7.44. The number of hydrogen-bond donors (Lipinski definition) is 1. The van der Waals surface area contributed by atoms with Crippen molar-refractivity contribution < 1.29 is 4.79 Å². The predicted molar refractivity (Wildman–Crippen MR) is 84.3 cm³/mol. The molecular formula is C17H28N2O. The van der Waals surface area contributed by atoms with Crippen molar-refractivity contribution in [3.05, 3.63) is 35.9 Å². The van der Waals surface area contributed by atoms with Gasteiger partial charge in [0.1, 0.15) is 0 Å². The Balaban J connectivity index is 2.55. The number of nitrogens with zero attached hydrogens (tertiary/aromatic N) is 1. The molecule has 2 N–H and O–H groups in total. The third kappa shape index (κ3) is 4.97. The van der Waals surface area contributed by atoms with Crippen molar-refractivity contribution in [3.8, 4) is 0 Å². The van der Waals surface area contributed by atoms with Crippen LogP contribution in [0.5, 0.6) is 0 Å². The molecule has 0 saturated heterocycles. The number of hydrogen-bond acceptors (Lipinski definition) is 2. The summed E-state index contributed by atoms with van der Waals surface area (Å²) < 4.78 is 0. The summed E-state index contributed by atoms with van der Waals surface area (Å²) in [6.07, 6.45) is 2.42. The molecule has 0 fully saturated rings. The lowest BCUT2D eigenvalue weighted by Crippen LogP contribution is -2.30. The second-order valence-electron chi connectivity index (χ2n) is 6.29. The van der Waals surface area contributed by atoms with E-state index >= 15 is 0 Å². The highest BCUT2D eigenvalue weighted by atomic mass is 16.2. The van der Waals surface area contributed by atoms with Crippen LogP contribution in [0, 0.1) is 5.41 Å². The lowest BCUT2D eigenvalue weighted by Gasteiger charge is -2.28. The van der Waals surface area contributed by atoms with Crippen molar-refractivity contribution in [2.24, 2.45) is 11.1 Å². The Morgan fingerprint density at radius 1 is 1.25 bits per heavy atom. The normalized spacial score (nSPS) is 13.1. The predicted octanol–water partition coefficient (Wildman–Crippen LogP) is 3.36. The fourth-order valence-electron chi connectivity index (χ4n) is 2.31. The van der Waals surface area contributed by atoms with Crippen molar-refractivity contribution in [2.45, 2.75) is 46.1 Å². The Labute approximate surface area is 123 Å². The standard InChI is InChI=1S/C17H28N2O/c1-14(15-8-6-5-7-9-15)19(4)16(20)10-11-17(2,3)12-13-18/h5-9,14H,10-13,18H2,1-4H3. The first-order valence-electron chi connectivity index (χ1n) is 7.38. The molecule has 0 saturated carbocycles. The first kappa shape index (κ1) is 16.7. The second-order valence-corrected chi connectivity index (χ2v) is 6.29. The summed E-state index contributed by atoms with van der Waals surface area (Å²) in [5.41, 5.74) is 6.92. The third-order valence-corrected chi connectivity index (χ3v) is 4.09. The molecule has 0 aliphatic rings. The van der Waals surface area contributed by atoms with Crippen LogP contribution in [0.15, 0.2) is 30.3 Å². The average molecular weight is 276 g/mol. The van der Waals surface area contributed by atoms with Gasteiger partial charge in [0.2, 0.25) is 5.91 Å². The smallest absolute Gasteiger partial charge is 0.222 e. The van der Waals surface area contributed by atoms with E-state index in [0.717, 1.165) is 12.8 Å². The van der Waals surface area contributed by atoms with Crippen LogP contribution in [0.3, 0.4) is 0 Å². The Hall–Kier alpha value is -1.35. The molecule has 0 radical (unpaired) electrons. The van der Waals surface area contributed by atoms with E-state index in [9.17, 15) is 4.79 Å². The van der Waals surface area contributed by atoms with Gasteiger partial charge in [-0.2, -0.15) is 0 Å². The van der Waals surface area contributed by atoms with Crippen LogP contribution in [0.25, 0.3) is 0 Å². The summed E-state index contributed by atoms with van der Waals surface area (Å²) in [5, 5.41) is 0. The first-order chi connectivity index (χ1) is 9.37. The van der Waals surface area contributed by atoms with Crippen LogP contribution < -0.4 is 5.73 Å². The van der Waals surface area contributed by atoms with E-state index in [0.29, 0.717) is 13.0 Å². The summed E-state index contributed by atoms with van der Waals surface area (Å²) in [6, 6.07) is 10.2. The molecular weight excluding hydrogens is 248 g/mol. The zero-order chi connectivity index (χ0) is 15.2. The van der Waals surface area contributed by atoms with Gasteiger partial charge in [-0.15, -0.1) is 0 Å². The highest BCUT2D eigenvalue weighted by Crippen LogP contribution is 2.27. The molecule has 20 heavy (non-hydrogen) atoms. The number of nitrogens with two attached hydrogens (primary N) is 1. The molecule has 0 aliphatic carbocycles. The first-order valence-corrected chi connectivity index (χ1v) is 7.38. The van der Waals surface area contributed by atoms with Crippen LogP contribution in [0.1, 0.15) is 51.6 Å². The molecule has 112 valence electrons. The maximum absolute atomic E-state index is 12.3. The molecule has 1 unspecified atom stereocenters. The van der Waals surface area contributed by atoms with Gasteiger partial charge in [-0.3, -0.25) is 4.79 Å². The fraction of sp³-hybridized carbons (Fsp3) is 0.588. The van der Waals surface area contributed by atoms with Gasteiger partial charge in [-0.05, 0) is 37.3 Å². The molecule has 0 aliphatic heterocycles. The summed E-state index contributed by atoms with van der Waals surface area (Å²) >= 11 is 0. The Kier molecular flexibility index (Phi) is 6.21. The van der Waals surface area contributed by atoms with Gasteiger partial charge in [0.25, 0.3) is 0 Å². The van der Waals surface area contributed by atoms with E-state index in [1.807, 2.05) is 30.1 Å². The molecule has 1 aromatic rings. The van der Waals surface area contributed by atoms with Crippen LogP contribution >= 0.6 is 0 Å². The lowest BCUT2D eigenvalue weighted by molar-refractivity contribution is -0.132. The highest BCUT2D eigenvalue weighted by Gasteiger charge is 2.22. The Morgan fingerprint density at radius 3 is 2.40 bits per heavy atom. The van der Waals surface area contributed by atoms with E-state index in [-0.39, 0.29) is 17.4 Å². The van der Waals surface area contributed by atoms with Crippen molar-refractivity contribution in [1.29, 1.82) is 0 Å². The van der Waals surface area contributed by atoms with Crippen LogP contribution in [0.4, 0.5) is 0 Å². The summed E-state index contributed by atoms with van der Waals surface area (Å²) in [5.74, 6) is 0.200. The molecule has 0 heterocycles. The van der Waals surface area contributed by atoms with Crippen LogP contribution in [-0.4, -0.2) is 24.4 Å². The van der Waals surface area contributed by atoms with Gasteiger partial charge < -0.3 is 10.6 Å². The van der Waals surface area contributed by atoms with Crippen LogP contribution in [0.2, 0.25) is 0 Å². The summed E-state index contributed by atoms with van der Waals surface area (Å²) in [7, 11) is 1.88. The maximum Gasteiger partial charge on any atom is 0.222 e. The Morgan fingerprint density at radius 2 is 1.85 bits per heavy atom. The van der Waals surface area contributed by atoms with E-state index in [1.54, 1.807) is 0 Å². The van der Waals surface area contributed by atoms with Gasteiger partial charge in [0.15, 0.2) is 0 Å². The number of benzene rings is 1. The summed E-state index contributed by atoms with van der Waals surface area (Å²) in [6.45, 7) is 7.09. The molecule has 1 rings (SSSR count). The number of carbonyl (C=O) groups is 1. The SMILES string of the molecule is CC(c1ccccc1)N(C)C(=O)CCC(C)(C)CCN. The van der Waals surface area contributed by atoms with Crippen molar-refractivity contribution in [3.63, 3.8) is 0 Å². The molecule has 3 nitrogen and oxygen atoms in total. The molecule has 3 heteroatoms. The monoisotopic (exact) mass is 276 g/mol. The molecule has 0 spiro atoms. The zero-order valence-electron chi connectivity index (χ0n) is 13.2. The third-order valence-electron chi connectivity index (χ3n) is 4.09. The highest BCUT2D eigenvalue weighted by molar-refractivity contribution is 5.76. The van der Waals surface area contributed by atoms with Gasteiger partial charge >= 0.3 is 0 Å². The zero-order valence-corrected chi connectivity index (χ0v) is 13.2. The van der Waals surface area contributed by atoms with Crippen LogP contribution in [-0.2, 0) is 4.79 Å². The van der Waals surface area contributed by atoms with Crippen molar-refractivity contribution in [2.75, 3.05) is 13.6 Å². The number of rotatable bonds is 7. The minimum Gasteiger partial charge on any atom is -0.339 e. The topological polar surface area (TPSA) is 46.3 Å². The van der Waals surface area contributed by atoms with E-state index < -0.39 is 0 Å². The average Bonchev–Trinajstić information content (AvgIpc) is 2.44. The fourth-order valence-corrected chi connectivity index (χ4v) is 2.31. The van der Waals surface area contributed by atoms with Crippen molar-refractivity contribution >= 4 is 5.91 Å². The number of carbonyl (C=O) groups excluding carboxylic acids is 1. The molecule has 1 amide bonds. The quantitative estimate of drug-likeness (QED) is 0.830. The Bertz CT molecular complexity index is 414. The van der Waals surface area contributed by atoms with Gasteiger partial charge in [0, 0.05) is 13.5 Å². The lowest BCUT2D eigenvalue weighted by atomic mass is 9.84. The minimum absolute atomic E-state index is 0.112. The van der Waals surface area contributed by atoms with E-state index in [2.05, 4.69) is 32.9 Å². The molecule has 1 atom stereocenters. The summed E-state index contributed by atoms with van der Waals surface area (Å²) in [4.78, 5) is 14.1.